The smallest absolute Gasteiger partial charge is 0.350 e. The van der Waals surface area contributed by atoms with Crippen LogP contribution in [0, 0.1) is 19.7 Å². The van der Waals surface area contributed by atoms with E-state index in [1.807, 2.05) is 32.0 Å². The predicted molar refractivity (Wildman–Crippen MR) is 110 cm³/mol. The van der Waals surface area contributed by atoms with Crippen molar-refractivity contribution in [3.05, 3.63) is 59.4 Å². The van der Waals surface area contributed by atoms with Crippen LogP contribution in [-0.2, 0) is 19.1 Å². The number of nitrogens with one attached hydrogen (secondary N) is 2. The number of carbonyl (C=O) groups is 3. The van der Waals surface area contributed by atoms with Gasteiger partial charge in [-0.05, 0) is 63.1 Å². The first-order valence-electron chi connectivity index (χ1n) is 9.33. The van der Waals surface area contributed by atoms with E-state index in [0.29, 0.717) is 5.69 Å². The summed E-state index contributed by atoms with van der Waals surface area (Å²) in [5.41, 5.74) is 1.12. The molecule has 2 aromatic rings. The molecule has 0 saturated carbocycles. The first-order chi connectivity index (χ1) is 14.1. The number of aryl methyl sites for hydroxylation is 2. The molecule has 0 unspecified atom stereocenters. The van der Waals surface area contributed by atoms with E-state index in [1.165, 1.54) is 38.1 Å². The van der Waals surface area contributed by atoms with Crippen molar-refractivity contribution in [2.75, 3.05) is 18.5 Å². The van der Waals surface area contributed by atoms with Crippen molar-refractivity contribution in [1.82, 2.24) is 5.32 Å². The zero-order chi connectivity index (χ0) is 22.3. The van der Waals surface area contributed by atoms with Crippen LogP contribution in [0.25, 0.3) is 0 Å². The van der Waals surface area contributed by atoms with Crippen molar-refractivity contribution < 1.29 is 28.2 Å². The summed E-state index contributed by atoms with van der Waals surface area (Å²) in [7, 11) is 0. The molecule has 0 fully saturated rings. The Morgan fingerprint density at radius 1 is 0.967 bits per heavy atom. The Balaban J connectivity index is 1.78. The molecule has 0 bridgehead atoms. The monoisotopic (exact) mass is 416 g/mol. The minimum Gasteiger partial charge on any atom is -0.476 e. The Morgan fingerprint density at radius 3 is 2.17 bits per heavy atom. The average molecular weight is 416 g/mol. The SMILES string of the molecule is Cc1cccc(C)c1NC(=O)CNC(=O)COC(=O)C(C)(C)Oc1ccc(F)cc1. The first-order valence-corrected chi connectivity index (χ1v) is 9.33. The van der Waals surface area contributed by atoms with E-state index in [0.717, 1.165) is 11.1 Å². The molecule has 30 heavy (non-hydrogen) atoms. The van der Waals surface area contributed by atoms with Crippen molar-refractivity contribution in [1.29, 1.82) is 0 Å². The number of halogens is 1. The van der Waals surface area contributed by atoms with Crippen LogP contribution in [0.3, 0.4) is 0 Å². The van der Waals surface area contributed by atoms with E-state index in [4.69, 9.17) is 9.47 Å². The van der Waals surface area contributed by atoms with Gasteiger partial charge in [0.2, 0.25) is 5.91 Å². The molecule has 0 aliphatic heterocycles. The lowest BCUT2D eigenvalue weighted by Crippen LogP contribution is -2.42. The Labute approximate surface area is 174 Å². The fourth-order valence-corrected chi connectivity index (χ4v) is 2.57. The molecule has 7 nitrogen and oxygen atoms in total. The zero-order valence-electron chi connectivity index (χ0n) is 17.4. The van der Waals surface area contributed by atoms with Gasteiger partial charge < -0.3 is 20.1 Å². The van der Waals surface area contributed by atoms with Gasteiger partial charge in [0.1, 0.15) is 11.6 Å². The third-order valence-corrected chi connectivity index (χ3v) is 4.20. The normalized spacial score (nSPS) is 10.8. The van der Waals surface area contributed by atoms with Gasteiger partial charge in [0, 0.05) is 5.69 Å². The number of hydrogen-bond acceptors (Lipinski definition) is 5. The lowest BCUT2D eigenvalue weighted by atomic mass is 10.1. The average Bonchev–Trinajstić information content (AvgIpc) is 2.69. The summed E-state index contributed by atoms with van der Waals surface area (Å²) < 4.78 is 23.4. The number of ether oxygens (including phenoxy) is 2. The number of rotatable bonds is 8. The van der Waals surface area contributed by atoms with Gasteiger partial charge in [-0.1, -0.05) is 18.2 Å². The van der Waals surface area contributed by atoms with Crippen LogP contribution in [0.5, 0.6) is 5.75 Å². The van der Waals surface area contributed by atoms with Gasteiger partial charge in [-0.3, -0.25) is 9.59 Å². The second-order valence-electron chi connectivity index (χ2n) is 7.23. The Kier molecular flexibility index (Phi) is 7.52. The molecule has 0 aliphatic carbocycles. The third-order valence-electron chi connectivity index (χ3n) is 4.20. The van der Waals surface area contributed by atoms with Crippen LogP contribution in [0.4, 0.5) is 10.1 Å². The van der Waals surface area contributed by atoms with Crippen LogP contribution >= 0.6 is 0 Å². The van der Waals surface area contributed by atoms with Crippen molar-refractivity contribution in [2.24, 2.45) is 0 Å². The standard InChI is InChI=1S/C22H25FN2O5/c1-14-6-5-7-15(2)20(14)25-18(26)12-24-19(27)13-29-21(28)22(3,4)30-17-10-8-16(23)9-11-17/h5-11H,12-13H2,1-4H3,(H,24,27)(H,25,26). The zero-order valence-corrected chi connectivity index (χ0v) is 17.4. The van der Waals surface area contributed by atoms with Gasteiger partial charge in [-0.2, -0.15) is 0 Å². The molecule has 2 rings (SSSR count). The lowest BCUT2D eigenvalue weighted by Gasteiger charge is -2.24. The molecule has 0 saturated heterocycles. The maximum absolute atomic E-state index is 13.0. The number of amides is 2. The topological polar surface area (TPSA) is 93.7 Å². The Bertz CT molecular complexity index is 905. The summed E-state index contributed by atoms with van der Waals surface area (Å²) in [5, 5.41) is 5.14. The number of para-hydroxylation sites is 1. The number of hydrogen-bond donors (Lipinski definition) is 2. The molecule has 0 spiro atoms. The van der Waals surface area contributed by atoms with Crippen LogP contribution in [-0.4, -0.2) is 36.5 Å². The molecular weight excluding hydrogens is 391 g/mol. The molecule has 2 aromatic carbocycles. The molecule has 160 valence electrons. The van der Waals surface area contributed by atoms with Crippen LogP contribution < -0.4 is 15.4 Å². The third kappa shape index (κ3) is 6.58. The number of carbonyl (C=O) groups excluding carboxylic acids is 3. The van der Waals surface area contributed by atoms with E-state index < -0.39 is 35.8 Å². The van der Waals surface area contributed by atoms with Gasteiger partial charge in [-0.25, -0.2) is 9.18 Å². The van der Waals surface area contributed by atoms with Gasteiger partial charge in [0.15, 0.2) is 12.2 Å². The van der Waals surface area contributed by atoms with Crippen molar-refractivity contribution in [3.8, 4) is 5.75 Å². The molecular formula is C22H25FN2O5. The number of benzene rings is 2. The second kappa shape index (κ2) is 9.87. The van der Waals surface area contributed by atoms with Crippen LogP contribution in [0.1, 0.15) is 25.0 Å². The van der Waals surface area contributed by atoms with E-state index in [1.54, 1.807) is 0 Å². The Hall–Kier alpha value is -3.42. The van der Waals surface area contributed by atoms with Crippen LogP contribution in [0.15, 0.2) is 42.5 Å². The van der Waals surface area contributed by atoms with Crippen LogP contribution in [0.2, 0.25) is 0 Å². The molecule has 8 heteroatoms. The van der Waals surface area contributed by atoms with E-state index in [9.17, 15) is 18.8 Å². The summed E-state index contributed by atoms with van der Waals surface area (Å²) in [6.45, 7) is 5.85. The van der Waals surface area contributed by atoms with Gasteiger partial charge >= 0.3 is 5.97 Å². The lowest BCUT2D eigenvalue weighted by molar-refractivity contribution is -0.162. The summed E-state index contributed by atoms with van der Waals surface area (Å²) in [6.07, 6.45) is 0. The highest BCUT2D eigenvalue weighted by Gasteiger charge is 2.32. The van der Waals surface area contributed by atoms with Gasteiger partial charge in [0.25, 0.3) is 5.91 Å². The largest absolute Gasteiger partial charge is 0.476 e. The minimum absolute atomic E-state index is 0.264. The van der Waals surface area contributed by atoms with E-state index >= 15 is 0 Å². The van der Waals surface area contributed by atoms with E-state index in [-0.39, 0.29) is 12.3 Å². The second-order valence-corrected chi connectivity index (χ2v) is 7.23. The molecule has 2 amide bonds. The highest BCUT2D eigenvalue weighted by molar-refractivity contribution is 5.96. The maximum atomic E-state index is 13.0. The highest BCUT2D eigenvalue weighted by Crippen LogP contribution is 2.20. The summed E-state index contributed by atoms with van der Waals surface area (Å²) in [6, 6.07) is 10.8. The highest BCUT2D eigenvalue weighted by atomic mass is 19.1. The van der Waals surface area contributed by atoms with Gasteiger partial charge in [0.05, 0.1) is 6.54 Å². The first kappa shape index (κ1) is 22.9. The van der Waals surface area contributed by atoms with Crippen molar-refractivity contribution in [3.63, 3.8) is 0 Å². The van der Waals surface area contributed by atoms with Crippen molar-refractivity contribution >= 4 is 23.5 Å². The van der Waals surface area contributed by atoms with Crippen molar-refractivity contribution in [2.45, 2.75) is 33.3 Å². The summed E-state index contributed by atoms with van der Waals surface area (Å²) in [4.78, 5) is 36.2. The van der Waals surface area contributed by atoms with Gasteiger partial charge in [-0.15, -0.1) is 0 Å². The molecule has 0 atom stereocenters. The fourth-order valence-electron chi connectivity index (χ4n) is 2.57. The molecule has 2 N–H and O–H groups in total. The Morgan fingerprint density at radius 2 is 1.57 bits per heavy atom. The molecule has 0 heterocycles. The fraction of sp³-hybridized carbons (Fsp3) is 0.318. The molecule has 0 aromatic heterocycles. The summed E-state index contributed by atoms with van der Waals surface area (Å²) in [5.74, 6) is -1.95. The minimum atomic E-state index is -1.39. The quantitative estimate of drug-likeness (QED) is 0.646. The summed E-state index contributed by atoms with van der Waals surface area (Å²) >= 11 is 0. The maximum Gasteiger partial charge on any atom is 0.350 e. The molecule has 0 aliphatic rings. The number of anilines is 1. The predicted octanol–water partition coefficient (Wildman–Crippen LogP) is 2.90. The number of esters is 1. The molecule has 0 radical (unpaired) electrons. The van der Waals surface area contributed by atoms with E-state index in [2.05, 4.69) is 10.6 Å².